The molecule has 6 nitrogen and oxygen atoms in total. The number of anilines is 2. The highest BCUT2D eigenvalue weighted by Gasteiger charge is 2.39. The van der Waals surface area contributed by atoms with Crippen LogP contribution in [0.5, 0.6) is 0 Å². The lowest BCUT2D eigenvalue weighted by Gasteiger charge is -2.50. The van der Waals surface area contributed by atoms with E-state index in [2.05, 4.69) is 124 Å². The van der Waals surface area contributed by atoms with Gasteiger partial charge in [0.2, 0.25) is 11.8 Å². The van der Waals surface area contributed by atoms with Crippen LogP contribution in [0.15, 0.2) is 48.5 Å². The maximum absolute atomic E-state index is 13.6. The Morgan fingerprint density at radius 3 is 1.40 bits per heavy atom. The van der Waals surface area contributed by atoms with E-state index in [1.807, 2.05) is 20.8 Å². The predicted octanol–water partition coefficient (Wildman–Crippen LogP) is 7.64. The first-order chi connectivity index (χ1) is 21.0. The zero-order valence-corrected chi connectivity index (χ0v) is 30.1. The molecule has 0 spiro atoms. The second kappa shape index (κ2) is 13.8. The zero-order valence-electron chi connectivity index (χ0n) is 30.1. The van der Waals surface area contributed by atoms with Gasteiger partial charge in [0.25, 0.3) is 0 Å². The molecule has 4 unspecified atom stereocenters. The molecule has 2 aliphatic rings. The van der Waals surface area contributed by atoms with E-state index in [1.54, 1.807) is 0 Å². The summed E-state index contributed by atoms with van der Waals surface area (Å²) < 4.78 is 0. The topological polar surface area (TPSA) is 47.1 Å². The van der Waals surface area contributed by atoms with E-state index in [0.29, 0.717) is 6.42 Å². The molecule has 2 saturated heterocycles. The molecular weight excluding hydrogens is 556 g/mol. The molecule has 6 heteroatoms. The van der Waals surface area contributed by atoms with Gasteiger partial charge in [-0.2, -0.15) is 0 Å². The van der Waals surface area contributed by atoms with Gasteiger partial charge in [-0.15, -0.1) is 0 Å². The number of hydrogen-bond donors (Lipinski definition) is 0. The van der Waals surface area contributed by atoms with Crippen molar-refractivity contribution in [2.75, 3.05) is 36.0 Å². The van der Waals surface area contributed by atoms with E-state index in [4.69, 9.17) is 0 Å². The Hall–Kier alpha value is -3.02. The second-order valence-corrected chi connectivity index (χ2v) is 16.0. The summed E-state index contributed by atoms with van der Waals surface area (Å²) in [6.07, 6.45) is 2.24. The quantitative estimate of drug-likeness (QED) is 0.321. The normalized spacial score (nSPS) is 23.1. The average molecular weight is 617 g/mol. The van der Waals surface area contributed by atoms with Gasteiger partial charge in [0.15, 0.2) is 0 Å². The maximum Gasteiger partial charge on any atom is 0.225 e. The molecule has 2 aromatic rings. The zero-order chi connectivity index (χ0) is 33.3. The van der Waals surface area contributed by atoms with Crippen LogP contribution in [0, 0.1) is 5.92 Å². The van der Waals surface area contributed by atoms with Gasteiger partial charge in [0.1, 0.15) is 0 Å². The van der Waals surface area contributed by atoms with Crippen LogP contribution in [-0.2, 0) is 20.4 Å². The van der Waals surface area contributed by atoms with E-state index in [0.717, 1.165) is 39.0 Å². The third kappa shape index (κ3) is 8.04. The lowest BCUT2D eigenvalue weighted by molar-refractivity contribution is -0.141. The largest absolute Gasteiger partial charge is 0.367 e. The van der Waals surface area contributed by atoms with Crippen LogP contribution in [0.4, 0.5) is 11.4 Å². The molecule has 2 heterocycles. The molecule has 248 valence electrons. The first kappa shape index (κ1) is 34.8. The van der Waals surface area contributed by atoms with Crippen molar-refractivity contribution in [3.05, 3.63) is 59.7 Å². The molecule has 0 saturated carbocycles. The molecule has 45 heavy (non-hydrogen) atoms. The summed E-state index contributed by atoms with van der Waals surface area (Å²) in [6.45, 7) is 27.1. The molecule has 0 bridgehead atoms. The Bertz CT molecular complexity index is 1290. The van der Waals surface area contributed by atoms with Crippen LogP contribution in [0.3, 0.4) is 0 Å². The third-order valence-corrected chi connectivity index (χ3v) is 9.94. The fraction of sp³-hybridized carbons (Fsp3) is 0.641. The molecule has 0 aliphatic carbocycles. The fourth-order valence-electron chi connectivity index (χ4n) is 7.31. The van der Waals surface area contributed by atoms with E-state index >= 15 is 0 Å². The van der Waals surface area contributed by atoms with Gasteiger partial charge in [0.05, 0.1) is 0 Å². The van der Waals surface area contributed by atoms with E-state index in [9.17, 15) is 9.59 Å². The highest BCUT2D eigenvalue weighted by atomic mass is 16.2. The number of piperazine rings is 2. The molecule has 2 fully saturated rings. The average Bonchev–Trinajstić information content (AvgIpc) is 2.98. The number of hydrogen-bond acceptors (Lipinski definition) is 4. The van der Waals surface area contributed by atoms with Crippen molar-refractivity contribution in [1.29, 1.82) is 0 Å². The number of nitrogens with zero attached hydrogens (tertiary/aromatic N) is 4. The summed E-state index contributed by atoms with van der Waals surface area (Å²) in [5.41, 5.74) is 5.31. The van der Waals surface area contributed by atoms with Crippen molar-refractivity contribution in [3.63, 3.8) is 0 Å². The van der Waals surface area contributed by atoms with Crippen molar-refractivity contribution in [2.24, 2.45) is 5.92 Å². The van der Waals surface area contributed by atoms with Gasteiger partial charge >= 0.3 is 0 Å². The fourth-order valence-corrected chi connectivity index (χ4v) is 7.31. The second-order valence-electron chi connectivity index (χ2n) is 16.0. The van der Waals surface area contributed by atoms with Gasteiger partial charge in [0, 0.05) is 74.1 Å². The minimum atomic E-state index is -0.0491. The maximum atomic E-state index is 13.6. The molecule has 2 aromatic carbocycles. The number of rotatable bonds is 7. The van der Waals surface area contributed by atoms with E-state index in [-0.39, 0.29) is 52.7 Å². The molecule has 4 atom stereocenters. The minimum absolute atomic E-state index is 0.0491. The van der Waals surface area contributed by atoms with Gasteiger partial charge in [-0.05, 0) is 72.9 Å². The van der Waals surface area contributed by atoms with Gasteiger partial charge in [-0.1, -0.05) is 86.6 Å². The Labute approximate surface area is 274 Å². The lowest BCUT2D eigenvalue weighted by Crippen LogP contribution is -2.62. The van der Waals surface area contributed by atoms with Crippen LogP contribution >= 0.6 is 0 Å². The summed E-state index contributed by atoms with van der Waals surface area (Å²) >= 11 is 0. The van der Waals surface area contributed by atoms with Crippen LogP contribution in [0.2, 0.25) is 0 Å². The first-order valence-electron chi connectivity index (χ1n) is 17.4. The molecule has 2 amide bonds. The number of carbonyl (C=O) groups excluding carboxylic acids is 2. The van der Waals surface area contributed by atoms with Gasteiger partial charge in [-0.3, -0.25) is 9.59 Å². The van der Waals surface area contributed by atoms with Crippen molar-refractivity contribution in [3.8, 4) is 0 Å². The molecule has 0 aromatic heterocycles. The third-order valence-electron chi connectivity index (χ3n) is 9.94. The predicted molar refractivity (Wildman–Crippen MR) is 189 cm³/mol. The Morgan fingerprint density at radius 1 is 0.667 bits per heavy atom. The van der Waals surface area contributed by atoms with Crippen LogP contribution in [0.25, 0.3) is 0 Å². The highest BCUT2D eigenvalue weighted by Crippen LogP contribution is 2.32. The van der Waals surface area contributed by atoms with E-state index in [1.165, 1.54) is 22.5 Å². The number of benzene rings is 2. The summed E-state index contributed by atoms with van der Waals surface area (Å²) in [5, 5.41) is 0. The summed E-state index contributed by atoms with van der Waals surface area (Å²) in [5.74, 6) is 0.407. The Kier molecular flexibility index (Phi) is 10.7. The Balaban J connectivity index is 1.58. The number of amides is 2. The van der Waals surface area contributed by atoms with Crippen molar-refractivity contribution in [2.45, 2.75) is 130 Å². The van der Waals surface area contributed by atoms with Crippen molar-refractivity contribution in [1.82, 2.24) is 9.80 Å². The SMILES string of the molecule is CCC(=O)N1C(C)CN(c2ccc(C(C)(C)C)cc2)CC1CCC1CN(c2ccc(C(C)(C)C)cc2)CC(C)N1C(=O)C(C)C. The number of carbonyl (C=O) groups is 2. The molecular formula is C39H60N4O2. The van der Waals surface area contributed by atoms with Crippen LogP contribution in [-0.4, -0.2) is 72.0 Å². The molecule has 2 aliphatic heterocycles. The van der Waals surface area contributed by atoms with E-state index < -0.39 is 0 Å². The monoisotopic (exact) mass is 616 g/mol. The smallest absolute Gasteiger partial charge is 0.225 e. The molecule has 0 N–H and O–H groups in total. The van der Waals surface area contributed by atoms with Gasteiger partial charge < -0.3 is 19.6 Å². The van der Waals surface area contributed by atoms with Gasteiger partial charge in [-0.25, -0.2) is 0 Å². The Morgan fingerprint density at radius 2 is 1.04 bits per heavy atom. The van der Waals surface area contributed by atoms with Crippen LogP contribution < -0.4 is 9.80 Å². The first-order valence-corrected chi connectivity index (χ1v) is 17.4. The lowest BCUT2D eigenvalue weighted by atomic mass is 9.87. The highest BCUT2D eigenvalue weighted by molar-refractivity contribution is 5.79. The summed E-state index contributed by atoms with van der Waals surface area (Å²) in [6, 6.07) is 18.4. The summed E-state index contributed by atoms with van der Waals surface area (Å²) in [7, 11) is 0. The van der Waals surface area contributed by atoms with Crippen molar-refractivity contribution < 1.29 is 9.59 Å². The molecule has 0 radical (unpaired) electrons. The standard InChI is InChI=1S/C39H60N4O2/c1-12-36(44)42-28(4)23-40(32-17-13-30(14-18-32)38(6,7)8)25-34(42)21-22-35-26-41(24-29(5)43(35)37(45)27(2)3)33-19-15-31(16-20-33)39(9,10)11/h13-20,27-29,34-35H,12,21-26H2,1-11H3. The van der Waals surface area contributed by atoms with Crippen molar-refractivity contribution >= 4 is 23.2 Å². The van der Waals surface area contributed by atoms with Crippen LogP contribution in [0.1, 0.15) is 107 Å². The summed E-state index contributed by atoms with van der Waals surface area (Å²) in [4.78, 5) is 36.2. The molecule has 4 rings (SSSR count). The minimum Gasteiger partial charge on any atom is -0.367 e.